The molecule has 1 aliphatic carbocycles. The first-order valence-electron chi connectivity index (χ1n) is 7.32. The Hall–Kier alpha value is -0.930. The van der Waals surface area contributed by atoms with Gasteiger partial charge in [0.1, 0.15) is 5.82 Å². The Balaban J connectivity index is 1.88. The normalized spacial score (nSPS) is 17.2. The van der Waals surface area contributed by atoms with Gasteiger partial charge in [-0.15, -0.1) is 0 Å². The van der Waals surface area contributed by atoms with Gasteiger partial charge in [-0.3, -0.25) is 0 Å². The van der Waals surface area contributed by atoms with Crippen molar-refractivity contribution in [1.82, 2.24) is 4.90 Å². The number of hydrogen-bond donors (Lipinski definition) is 1. The topological polar surface area (TPSA) is 29.3 Å². The van der Waals surface area contributed by atoms with Gasteiger partial charge < -0.3 is 10.6 Å². The maximum atomic E-state index is 13.7. The van der Waals surface area contributed by atoms with Crippen molar-refractivity contribution in [3.05, 3.63) is 35.6 Å². The average Bonchev–Trinajstić information content (AvgIpc) is 3.18. The quantitative estimate of drug-likeness (QED) is 0.818. The van der Waals surface area contributed by atoms with Gasteiger partial charge >= 0.3 is 0 Å². The number of rotatable bonds is 7. The molecular formula is C16H25FN2. The number of halogens is 1. The minimum absolute atomic E-state index is 0.183. The number of benzene rings is 1. The molecule has 2 nitrogen and oxygen atoms in total. The van der Waals surface area contributed by atoms with Crippen molar-refractivity contribution in [2.75, 3.05) is 13.1 Å². The second-order valence-corrected chi connectivity index (χ2v) is 6.04. The Morgan fingerprint density at radius 3 is 2.58 bits per heavy atom. The molecule has 2 N–H and O–H groups in total. The summed E-state index contributed by atoms with van der Waals surface area (Å²) in [5.74, 6) is 0.488. The molecule has 0 bridgehead atoms. The van der Waals surface area contributed by atoms with Crippen LogP contribution in [0.4, 0.5) is 4.39 Å². The molecule has 1 saturated carbocycles. The summed E-state index contributed by atoms with van der Waals surface area (Å²) in [4.78, 5) is 2.52. The number of nitrogens with zero attached hydrogens (tertiary/aromatic N) is 1. The summed E-state index contributed by atoms with van der Waals surface area (Å²) in [6.07, 6.45) is 3.44. The molecule has 0 aliphatic heterocycles. The van der Waals surface area contributed by atoms with Crippen LogP contribution in [0.5, 0.6) is 0 Å². The third-order valence-electron chi connectivity index (χ3n) is 3.69. The molecule has 0 spiro atoms. The molecular weight excluding hydrogens is 239 g/mol. The van der Waals surface area contributed by atoms with Gasteiger partial charge in [0.15, 0.2) is 0 Å². The summed E-state index contributed by atoms with van der Waals surface area (Å²) in [5.41, 5.74) is 6.77. The number of nitrogens with two attached hydrogens (primary N) is 1. The first kappa shape index (κ1) is 14.5. The summed E-state index contributed by atoms with van der Waals surface area (Å²) in [7, 11) is 0. The smallest absolute Gasteiger partial charge is 0.127 e. The van der Waals surface area contributed by atoms with Crippen LogP contribution in [0.3, 0.4) is 0 Å². The summed E-state index contributed by atoms with van der Waals surface area (Å²) in [6, 6.07) is 7.39. The van der Waals surface area contributed by atoms with E-state index in [0.717, 1.165) is 25.6 Å². The van der Waals surface area contributed by atoms with Gasteiger partial charge in [0, 0.05) is 30.7 Å². The second-order valence-electron chi connectivity index (χ2n) is 6.04. The lowest BCUT2D eigenvalue weighted by Crippen LogP contribution is -2.32. The Morgan fingerprint density at radius 2 is 2.00 bits per heavy atom. The third-order valence-corrected chi connectivity index (χ3v) is 3.69. The number of hydrogen-bond acceptors (Lipinski definition) is 2. The van der Waals surface area contributed by atoms with Crippen LogP contribution in [-0.4, -0.2) is 24.0 Å². The molecule has 0 heterocycles. The molecule has 1 unspecified atom stereocenters. The van der Waals surface area contributed by atoms with E-state index in [4.69, 9.17) is 5.73 Å². The van der Waals surface area contributed by atoms with Crippen LogP contribution < -0.4 is 5.73 Å². The van der Waals surface area contributed by atoms with E-state index >= 15 is 0 Å². The van der Waals surface area contributed by atoms with Gasteiger partial charge in [-0.05, 0) is 31.2 Å². The van der Waals surface area contributed by atoms with E-state index in [-0.39, 0.29) is 11.9 Å². The SMILES string of the molecule is CC(C)CN(CCC(N)c1ccccc1F)C1CC1. The van der Waals surface area contributed by atoms with Crippen LogP contribution in [-0.2, 0) is 0 Å². The highest BCUT2D eigenvalue weighted by Crippen LogP contribution is 2.28. The van der Waals surface area contributed by atoms with Gasteiger partial charge in [-0.25, -0.2) is 4.39 Å². The molecule has 3 heteroatoms. The lowest BCUT2D eigenvalue weighted by molar-refractivity contribution is 0.226. The monoisotopic (exact) mass is 264 g/mol. The van der Waals surface area contributed by atoms with Gasteiger partial charge in [0.2, 0.25) is 0 Å². The van der Waals surface area contributed by atoms with Gasteiger partial charge in [-0.1, -0.05) is 32.0 Å². The van der Waals surface area contributed by atoms with Gasteiger partial charge in [0.05, 0.1) is 0 Å². The molecule has 0 amide bonds. The summed E-state index contributed by atoms with van der Waals surface area (Å²) >= 11 is 0. The first-order chi connectivity index (χ1) is 9.08. The largest absolute Gasteiger partial charge is 0.324 e. The van der Waals surface area contributed by atoms with E-state index in [0.29, 0.717) is 11.5 Å². The lowest BCUT2D eigenvalue weighted by Gasteiger charge is -2.25. The molecule has 1 fully saturated rings. The van der Waals surface area contributed by atoms with Crippen LogP contribution in [0.15, 0.2) is 24.3 Å². The standard InChI is InChI=1S/C16H25FN2/c1-12(2)11-19(13-7-8-13)10-9-16(18)14-5-3-4-6-15(14)17/h3-6,12-13,16H,7-11,18H2,1-2H3. The molecule has 1 aromatic rings. The Labute approximate surface area is 115 Å². The summed E-state index contributed by atoms with van der Waals surface area (Å²) in [6.45, 7) is 6.57. The van der Waals surface area contributed by atoms with Crippen molar-refractivity contribution < 1.29 is 4.39 Å². The van der Waals surface area contributed by atoms with Crippen molar-refractivity contribution in [2.45, 2.75) is 45.2 Å². The zero-order valence-corrected chi connectivity index (χ0v) is 12.0. The molecule has 1 aromatic carbocycles. The fourth-order valence-electron chi connectivity index (χ4n) is 2.57. The lowest BCUT2D eigenvalue weighted by atomic mass is 10.0. The predicted molar refractivity (Wildman–Crippen MR) is 77.4 cm³/mol. The molecule has 106 valence electrons. The summed E-state index contributed by atoms with van der Waals surface area (Å²) in [5, 5.41) is 0. The van der Waals surface area contributed by atoms with E-state index in [1.54, 1.807) is 12.1 Å². The Bertz CT molecular complexity index is 401. The fourth-order valence-corrected chi connectivity index (χ4v) is 2.57. The minimum atomic E-state index is -0.199. The Kier molecular flexibility index (Phi) is 4.94. The van der Waals surface area contributed by atoms with E-state index in [9.17, 15) is 4.39 Å². The van der Waals surface area contributed by atoms with Gasteiger partial charge in [-0.2, -0.15) is 0 Å². The van der Waals surface area contributed by atoms with Crippen LogP contribution >= 0.6 is 0 Å². The highest BCUT2D eigenvalue weighted by molar-refractivity contribution is 5.20. The van der Waals surface area contributed by atoms with Crippen molar-refractivity contribution >= 4 is 0 Å². The summed E-state index contributed by atoms with van der Waals surface area (Å²) < 4.78 is 13.7. The molecule has 1 aliphatic rings. The third kappa shape index (κ3) is 4.29. The predicted octanol–water partition coefficient (Wildman–Crippen LogP) is 3.34. The van der Waals surface area contributed by atoms with E-state index in [2.05, 4.69) is 18.7 Å². The van der Waals surface area contributed by atoms with Crippen molar-refractivity contribution in [2.24, 2.45) is 11.7 Å². The Morgan fingerprint density at radius 1 is 1.32 bits per heavy atom. The van der Waals surface area contributed by atoms with Crippen LogP contribution in [0.25, 0.3) is 0 Å². The van der Waals surface area contributed by atoms with E-state index < -0.39 is 0 Å². The zero-order chi connectivity index (χ0) is 13.8. The van der Waals surface area contributed by atoms with Crippen LogP contribution in [0, 0.1) is 11.7 Å². The molecule has 19 heavy (non-hydrogen) atoms. The van der Waals surface area contributed by atoms with E-state index in [1.165, 1.54) is 18.9 Å². The average molecular weight is 264 g/mol. The van der Waals surface area contributed by atoms with Crippen molar-refractivity contribution in [1.29, 1.82) is 0 Å². The van der Waals surface area contributed by atoms with Crippen molar-refractivity contribution in [3.63, 3.8) is 0 Å². The molecule has 2 rings (SSSR count). The molecule has 0 aromatic heterocycles. The van der Waals surface area contributed by atoms with E-state index in [1.807, 2.05) is 6.07 Å². The maximum absolute atomic E-state index is 13.7. The minimum Gasteiger partial charge on any atom is -0.324 e. The second kappa shape index (κ2) is 6.49. The van der Waals surface area contributed by atoms with Crippen LogP contribution in [0.2, 0.25) is 0 Å². The maximum Gasteiger partial charge on any atom is 0.127 e. The zero-order valence-electron chi connectivity index (χ0n) is 12.0. The highest BCUT2D eigenvalue weighted by Gasteiger charge is 2.29. The van der Waals surface area contributed by atoms with Crippen molar-refractivity contribution in [3.8, 4) is 0 Å². The first-order valence-corrected chi connectivity index (χ1v) is 7.32. The molecule has 1 atom stereocenters. The molecule has 0 saturated heterocycles. The fraction of sp³-hybridized carbons (Fsp3) is 0.625. The van der Waals surface area contributed by atoms with Gasteiger partial charge in [0.25, 0.3) is 0 Å². The van der Waals surface area contributed by atoms with Crippen LogP contribution in [0.1, 0.15) is 44.7 Å². The molecule has 0 radical (unpaired) electrons. The highest BCUT2D eigenvalue weighted by atomic mass is 19.1.